The van der Waals surface area contributed by atoms with Gasteiger partial charge in [-0.2, -0.15) is 0 Å². The lowest BCUT2D eigenvalue weighted by atomic mass is 9.63. The Bertz CT molecular complexity index is 810. The smallest absolute Gasteiger partial charge is 0.244 e. The van der Waals surface area contributed by atoms with Crippen LogP contribution in [-0.4, -0.2) is 35.8 Å². The number of ether oxygens (including phenoxy) is 1. The van der Waals surface area contributed by atoms with E-state index in [0.717, 1.165) is 12.2 Å². The number of carbonyl (C=O) groups excluding carboxylic acids is 3. The molecule has 1 saturated heterocycles. The molecule has 3 amide bonds. The highest BCUT2D eigenvalue weighted by Crippen LogP contribution is 2.65. The quantitative estimate of drug-likeness (QED) is 0.639. The lowest BCUT2D eigenvalue weighted by molar-refractivity contribution is -0.142. The van der Waals surface area contributed by atoms with E-state index in [9.17, 15) is 14.4 Å². The Morgan fingerprint density at radius 1 is 1.07 bits per heavy atom. The van der Waals surface area contributed by atoms with Crippen LogP contribution in [0.3, 0.4) is 0 Å². The molecule has 1 heterocycles. The first-order valence-electron chi connectivity index (χ1n) is 9.64. The van der Waals surface area contributed by atoms with Crippen molar-refractivity contribution in [2.75, 3.05) is 18.5 Å². The largest absolute Gasteiger partial charge is 0.494 e. The highest BCUT2D eigenvalue weighted by molar-refractivity contribution is 6.09. The fourth-order valence-corrected chi connectivity index (χ4v) is 5.32. The van der Waals surface area contributed by atoms with Crippen LogP contribution in [0.15, 0.2) is 36.4 Å². The van der Waals surface area contributed by atoms with Gasteiger partial charge in [0, 0.05) is 5.69 Å². The molecule has 6 heteroatoms. The zero-order valence-corrected chi connectivity index (χ0v) is 15.1. The minimum absolute atomic E-state index is 0.170. The molecule has 1 aliphatic heterocycles. The Morgan fingerprint density at radius 3 is 2.22 bits per heavy atom. The number of anilines is 1. The Labute approximate surface area is 157 Å². The van der Waals surface area contributed by atoms with Gasteiger partial charge in [0.15, 0.2) is 0 Å². The second kappa shape index (κ2) is 5.94. The number of carbonyl (C=O) groups is 3. The van der Waals surface area contributed by atoms with Crippen LogP contribution in [0.2, 0.25) is 0 Å². The Morgan fingerprint density at radius 2 is 1.67 bits per heavy atom. The van der Waals surface area contributed by atoms with E-state index in [1.165, 1.54) is 4.90 Å². The highest BCUT2D eigenvalue weighted by atomic mass is 16.5. The molecule has 6 nitrogen and oxygen atoms in total. The zero-order valence-electron chi connectivity index (χ0n) is 15.1. The molecule has 0 spiro atoms. The molecule has 6 atom stereocenters. The van der Waals surface area contributed by atoms with E-state index in [1.807, 2.05) is 6.92 Å². The summed E-state index contributed by atoms with van der Waals surface area (Å²) in [7, 11) is 0. The number of amides is 3. The lowest BCUT2D eigenvalue weighted by Crippen LogP contribution is -2.40. The summed E-state index contributed by atoms with van der Waals surface area (Å²) in [5.74, 6) is 1.01. The predicted molar refractivity (Wildman–Crippen MR) is 97.7 cm³/mol. The van der Waals surface area contributed by atoms with E-state index >= 15 is 0 Å². The van der Waals surface area contributed by atoms with Crippen molar-refractivity contribution in [1.82, 2.24) is 4.90 Å². The van der Waals surface area contributed by atoms with Gasteiger partial charge < -0.3 is 10.1 Å². The Hall–Kier alpha value is -2.63. The maximum absolute atomic E-state index is 12.9. The molecule has 2 bridgehead atoms. The van der Waals surface area contributed by atoms with Crippen molar-refractivity contribution in [2.24, 2.45) is 35.5 Å². The molecule has 1 aromatic carbocycles. The molecule has 3 fully saturated rings. The maximum Gasteiger partial charge on any atom is 0.244 e. The van der Waals surface area contributed by atoms with Gasteiger partial charge in [-0.25, -0.2) is 0 Å². The molecule has 0 unspecified atom stereocenters. The SMILES string of the molecule is CCOc1ccc(NC(=O)CN2C(=O)[C@@H]3[C@H]4C=C[C@@H]([C@@H]5C[C@@H]45)[C@H]3C2=O)cc1. The number of rotatable bonds is 5. The van der Waals surface area contributed by atoms with Crippen LogP contribution in [-0.2, 0) is 14.4 Å². The van der Waals surface area contributed by atoms with Crippen LogP contribution >= 0.6 is 0 Å². The molecule has 2 saturated carbocycles. The third-order valence-corrected chi connectivity index (χ3v) is 6.50. The summed E-state index contributed by atoms with van der Waals surface area (Å²) in [5.41, 5.74) is 0.614. The van der Waals surface area contributed by atoms with Gasteiger partial charge in [-0.1, -0.05) is 12.2 Å². The van der Waals surface area contributed by atoms with E-state index in [4.69, 9.17) is 4.74 Å². The van der Waals surface area contributed by atoms with Gasteiger partial charge in [-0.05, 0) is 61.3 Å². The van der Waals surface area contributed by atoms with Crippen LogP contribution in [0.5, 0.6) is 5.75 Å². The van der Waals surface area contributed by atoms with Crippen molar-refractivity contribution >= 4 is 23.4 Å². The molecule has 1 N–H and O–H groups in total. The first-order valence-corrected chi connectivity index (χ1v) is 9.64. The van der Waals surface area contributed by atoms with Crippen LogP contribution in [0.4, 0.5) is 5.69 Å². The van der Waals surface area contributed by atoms with Crippen LogP contribution < -0.4 is 10.1 Å². The number of nitrogens with zero attached hydrogens (tertiary/aromatic N) is 1. The molecular formula is C21H22N2O4. The molecular weight excluding hydrogens is 344 g/mol. The zero-order chi connectivity index (χ0) is 18.7. The summed E-state index contributed by atoms with van der Waals surface area (Å²) >= 11 is 0. The monoisotopic (exact) mass is 366 g/mol. The van der Waals surface area contributed by atoms with E-state index in [2.05, 4.69) is 17.5 Å². The number of allylic oxidation sites excluding steroid dienone is 2. The van der Waals surface area contributed by atoms with Crippen molar-refractivity contribution < 1.29 is 19.1 Å². The van der Waals surface area contributed by atoms with E-state index in [-0.39, 0.29) is 47.9 Å². The fraction of sp³-hybridized carbons (Fsp3) is 0.476. The molecule has 1 aromatic rings. The molecule has 4 aliphatic carbocycles. The molecule has 0 aromatic heterocycles. The van der Waals surface area contributed by atoms with Crippen molar-refractivity contribution in [3.63, 3.8) is 0 Å². The number of likely N-dealkylation sites (tertiary alicyclic amines) is 1. The lowest BCUT2D eigenvalue weighted by Gasteiger charge is -2.37. The summed E-state index contributed by atoms with van der Waals surface area (Å²) in [6, 6.07) is 7.03. The van der Waals surface area contributed by atoms with Gasteiger partial charge >= 0.3 is 0 Å². The fourth-order valence-electron chi connectivity index (χ4n) is 5.32. The second-order valence-corrected chi connectivity index (χ2v) is 7.92. The van der Waals surface area contributed by atoms with E-state index in [1.54, 1.807) is 24.3 Å². The third kappa shape index (κ3) is 2.50. The first kappa shape index (κ1) is 16.5. The molecule has 0 radical (unpaired) electrons. The van der Waals surface area contributed by atoms with Crippen molar-refractivity contribution in [1.29, 1.82) is 0 Å². The van der Waals surface area contributed by atoms with Crippen LogP contribution in [0, 0.1) is 35.5 Å². The first-order chi connectivity index (χ1) is 13.1. The Kier molecular flexibility index (Phi) is 3.64. The highest BCUT2D eigenvalue weighted by Gasteiger charge is 2.67. The molecule has 27 heavy (non-hydrogen) atoms. The summed E-state index contributed by atoms with van der Waals surface area (Å²) < 4.78 is 5.38. The number of hydrogen-bond donors (Lipinski definition) is 1. The standard InChI is InChI=1S/C21H22N2O4/c1-2-27-12-5-3-11(4-6-12)22-17(24)10-23-20(25)18-13-7-8-14(16-9-15(13)16)19(18)21(23)26/h3-8,13-16,18-19H,2,9-10H2,1H3,(H,22,24)/t13-,14-,15-,16-,18+,19+/m0/s1. The third-order valence-electron chi connectivity index (χ3n) is 6.50. The number of benzene rings is 1. The van der Waals surface area contributed by atoms with E-state index in [0.29, 0.717) is 24.1 Å². The normalized spacial score (nSPS) is 35.1. The summed E-state index contributed by atoms with van der Waals surface area (Å²) in [4.78, 5) is 39.4. The number of imide groups is 1. The van der Waals surface area contributed by atoms with E-state index < -0.39 is 0 Å². The number of hydrogen-bond acceptors (Lipinski definition) is 4. The second-order valence-electron chi connectivity index (χ2n) is 7.92. The van der Waals surface area contributed by atoms with Crippen molar-refractivity contribution in [3.05, 3.63) is 36.4 Å². The van der Waals surface area contributed by atoms with Gasteiger partial charge in [-0.3, -0.25) is 19.3 Å². The van der Waals surface area contributed by atoms with Gasteiger partial charge in [0.2, 0.25) is 17.7 Å². The molecule has 6 rings (SSSR count). The number of nitrogens with one attached hydrogen (secondary N) is 1. The molecule has 140 valence electrons. The topological polar surface area (TPSA) is 75.7 Å². The summed E-state index contributed by atoms with van der Waals surface area (Å²) in [6.45, 7) is 2.26. The van der Waals surface area contributed by atoms with Crippen LogP contribution in [0.25, 0.3) is 0 Å². The van der Waals surface area contributed by atoms with Gasteiger partial charge in [0.25, 0.3) is 0 Å². The average Bonchev–Trinajstić information content (AvgIpc) is 3.45. The summed E-state index contributed by atoms with van der Waals surface area (Å²) in [5, 5.41) is 2.76. The molecule has 5 aliphatic rings. The minimum Gasteiger partial charge on any atom is -0.494 e. The van der Waals surface area contributed by atoms with Gasteiger partial charge in [0.05, 0.1) is 18.4 Å². The predicted octanol–water partition coefficient (Wildman–Crippen LogP) is 2.08. The van der Waals surface area contributed by atoms with Gasteiger partial charge in [-0.15, -0.1) is 0 Å². The van der Waals surface area contributed by atoms with Crippen LogP contribution in [0.1, 0.15) is 13.3 Å². The van der Waals surface area contributed by atoms with Gasteiger partial charge in [0.1, 0.15) is 12.3 Å². The maximum atomic E-state index is 12.9. The Balaban J connectivity index is 1.27. The minimum atomic E-state index is -0.357. The average molecular weight is 366 g/mol. The van der Waals surface area contributed by atoms with Crippen molar-refractivity contribution in [3.8, 4) is 5.75 Å². The summed E-state index contributed by atoms with van der Waals surface area (Å²) in [6.07, 6.45) is 5.40. The van der Waals surface area contributed by atoms with Crippen molar-refractivity contribution in [2.45, 2.75) is 13.3 Å².